The van der Waals surface area contributed by atoms with Crippen LogP contribution >= 0.6 is 0 Å². The maximum Gasteiger partial charge on any atom is 0.406 e. The number of unbranched alkanes of at least 4 members (excludes halogenated alkanes) is 14. The summed E-state index contributed by atoms with van der Waals surface area (Å²) in [6.07, 6.45) is 22.5. The second-order valence-electron chi connectivity index (χ2n) is 10.9. The molecule has 0 heterocycles. The van der Waals surface area contributed by atoms with Crippen molar-refractivity contribution in [1.82, 2.24) is 5.32 Å². The average molecular weight is 500 g/mol. The Bertz CT molecular complexity index is 484. The lowest BCUT2D eigenvalue weighted by atomic mass is 10.1. The number of carbonyl (C=O) groups is 1. The molecule has 0 aromatic heterocycles. The molecule has 0 bridgehead atoms. The van der Waals surface area contributed by atoms with Gasteiger partial charge >= 0.3 is 6.09 Å². The minimum absolute atomic E-state index is 0.321. The van der Waals surface area contributed by atoms with Crippen molar-refractivity contribution in [2.45, 2.75) is 141 Å². The number of hydrogen-bond donors (Lipinski definition) is 1. The fourth-order valence-electron chi connectivity index (χ4n) is 4.52. The summed E-state index contributed by atoms with van der Waals surface area (Å²) < 4.78 is 11.8. The first-order valence-corrected chi connectivity index (χ1v) is 20.1. The van der Waals surface area contributed by atoms with E-state index in [2.05, 4.69) is 38.1 Å². The lowest BCUT2D eigenvalue weighted by Crippen LogP contribution is -2.44. The topological polar surface area (TPSA) is 47.6 Å². The second kappa shape index (κ2) is 20.7. The van der Waals surface area contributed by atoms with Gasteiger partial charge in [-0.05, 0) is 57.5 Å². The summed E-state index contributed by atoms with van der Waals surface area (Å²) in [6, 6.07) is 2.64. The molecule has 4 nitrogen and oxygen atoms in total. The van der Waals surface area contributed by atoms with Crippen LogP contribution in [0.4, 0.5) is 4.79 Å². The minimum Gasteiger partial charge on any atom is -0.455 e. The van der Waals surface area contributed by atoms with E-state index in [0.717, 1.165) is 12.8 Å². The van der Waals surface area contributed by atoms with Crippen LogP contribution in [0.15, 0.2) is 12.7 Å². The predicted octanol–water partition coefficient (Wildman–Crippen LogP) is 9.20. The third kappa shape index (κ3) is 22.9. The molecule has 1 N–H and O–H groups in total. The Morgan fingerprint density at radius 3 is 1.52 bits per heavy atom. The molecule has 0 rings (SSSR count). The smallest absolute Gasteiger partial charge is 0.406 e. The average Bonchev–Trinajstić information content (AvgIpc) is 2.75. The Balaban J connectivity index is 3.64. The van der Waals surface area contributed by atoms with E-state index >= 15 is 0 Å². The van der Waals surface area contributed by atoms with E-state index in [-0.39, 0.29) is 6.09 Å². The van der Waals surface area contributed by atoms with E-state index in [1.165, 1.54) is 102 Å². The first-order chi connectivity index (χ1) is 15.7. The molecule has 0 aliphatic carbocycles. The lowest BCUT2D eigenvalue weighted by Gasteiger charge is -2.34. The van der Waals surface area contributed by atoms with Crippen molar-refractivity contribution < 1.29 is 13.6 Å². The molecule has 0 aromatic rings. The van der Waals surface area contributed by atoms with Gasteiger partial charge in [-0.3, -0.25) is 0 Å². The van der Waals surface area contributed by atoms with Gasteiger partial charge in [-0.1, -0.05) is 89.5 Å². The second-order valence-corrected chi connectivity index (χ2v) is 19.7. The summed E-state index contributed by atoms with van der Waals surface area (Å²) in [5, 5.41) is 2.47. The number of carbonyl (C=O) groups excluding carboxylic acids is 1. The number of allylic oxidation sites excluding steroid dienone is 1. The van der Waals surface area contributed by atoms with E-state index in [1.54, 1.807) is 7.05 Å². The lowest BCUT2D eigenvalue weighted by molar-refractivity contribution is 0.146. The van der Waals surface area contributed by atoms with Crippen LogP contribution in [0.3, 0.4) is 0 Å². The van der Waals surface area contributed by atoms with Crippen LogP contribution in [-0.4, -0.2) is 36.4 Å². The van der Waals surface area contributed by atoms with Crippen molar-refractivity contribution in [1.29, 1.82) is 0 Å². The highest BCUT2D eigenvalue weighted by molar-refractivity contribution is 6.84. The van der Waals surface area contributed by atoms with E-state index in [4.69, 9.17) is 8.85 Å². The summed E-state index contributed by atoms with van der Waals surface area (Å²) in [7, 11) is -1.44. The standard InChI is InChI=1S/C27H57NO3Si2/c1-7-8-9-10-11-16-19-22-25-32(3,4)31-33(5,6)26-23-20-17-14-12-13-15-18-21-24-30-27(29)28-2/h7H,1,8-26H2,2-6H3,(H,28,29). The van der Waals surface area contributed by atoms with Gasteiger partial charge in [0.15, 0.2) is 16.6 Å². The highest BCUT2D eigenvalue weighted by atomic mass is 28.4. The van der Waals surface area contributed by atoms with Gasteiger partial charge in [0.2, 0.25) is 0 Å². The largest absolute Gasteiger partial charge is 0.455 e. The highest BCUT2D eigenvalue weighted by Crippen LogP contribution is 2.26. The van der Waals surface area contributed by atoms with E-state index in [9.17, 15) is 4.79 Å². The summed E-state index contributed by atoms with van der Waals surface area (Å²) in [5.74, 6) is 0. The first-order valence-electron chi connectivity index (χ1n) is 13.9. The summed E-state index contributed by atoms with van der Waals surface area (Å²) >= 11 is 0. The van der Waals surface area contributed by atoms with Gasteiger partial charge in [0, 0.05) is 7.05 Å². The maximum absolute atomic E-state index is 11.0. The molecule has 0 unspecified atom stereocenters. The predicted molar refractivity (Wildman–Crippen MR) is 150 cm³/mol. The van der Waals surface area contributed by atoms with Gasteiger partial charge < -0.3 is 14.2 Å². The van der Waals surface area contributed by atoms with Crippen molar-refractivity contribution in [2.75, 3.05) is 13.7 Å². The van der Waals surface area contributed by atoms with E-state index in [1.807, 2.05) is 6.08 Å². The number of alkyl carbamates (subject to hydrolysis) is 1. The monoisotopic (exact) mass is 499 g/mol. The molecular weight excluding hydrogens is 442 g/mol. The zero-order valence-corrected chi connectivity index (χ0v) is 24.9. The van der Waals surface area contributed by atoms with Crippen LogP contribution in [0.5, 0.6) is 0 Å². The summed E-state index contributed by atoms with van der Waals surface area (Å²) in [5.41, 5.74) is 0. The number of ether oxygens (including phenoxy) is 1. The van der Waals surface area contributed by atoms with Crippen LogP contribution in [0.2, 0.25) is 38.3 Å². The molecule has 0 saturated carbocycles. The van der Waals surface area contributed by atoms with Gasteiger partial charge in [0.25, 0.3) is 0 Å². The zero-order valence-electron chi connectivity index (χ0n) is 22.9. The van der Waals surface area contributed by atoms with Crippen molar-refractivity contribution in [3.8, 4) is 0 Å². The fraction of sp³-hybridized carbons (Fsp3) is 0.889. The molecule has 0 radical (unpaired) electrons. The number of nitrogens with one attached hydrogen (secondary N) is 1. The first kappa shape index (κ1) is 32.4. The Kier molecular flexibility index (Phi) is 20.4. The molecule has 196 valence electrons. The SMILES string of the molecule is C=CCCCCCCCC[Si](C)(C)O[Si](C)(C)CCCCCCCCCCCOC(=O)NC. The Labute approximate surface area is 208 Å². The van der Waals surface area contributed by atoms with Gasteiger partial charge in [-0.15, -0.1) is 6.58 Å². The third-order valence-corrected chi connectivity index (χ3v) is 13.9. The number of amides is 1. The van der Waals surface area contributed by atoms with E-state index < -0.39 is 16.6 Å². The molecular formula is C27H57NO3Si2. The van der Waals surface area contributed by atoms with Gasteiger partial charge in [0.05, 0.1) is 6.61 Å². The highest BCUT2D eigenvalue weighted by Gasteiger charge is 2.32. The molecule has 33 heavy (non-hydrogen) atoms. The van der Waals surface area contributed by atoms with Crippen LogP contribution < -0.4 is 5.32 Å². The van der Waals surface area contributed by atoms with Crippen LogP contribution in [0.25, 0.3) is 0 Å². The summed E-state index contributed by atoms with van der Waals surface area (Å²) in [4.78, 5) is 11.0. The summed E-state index contributed by atoms with van der Waals surface area (Å²) in [6.45, 7) is 14.1. The number of rotatable bonds is 23. The molecule has 0 aliphatic heterocycles. The van der Waals surface area contributed by atoms with Crippen molar-refractivity contribution >= 4 is 22.7 Å². The van der Waals surface area contributed by atoms with Crippen molar-refractivity contribution in [2.24, 2.45) is 0 Å². The fourth-order valence-corrected chi connectivity index (χ4v) is 13.5. The third-order valence-electron chi connectivity index (χ3n) is 6.35. The Morgan fingerprint density at radius 2 is 1.09 bits per heavy atom. The number of hydrogen-bond acceptors (Lipinski definition) is 3. The van der Waals surface area contributed by atoms with Gasteiger partial charge in [-0.25, -0.2) is 4.79 Å². The van der Waals surface area contributed by atoms with Crippen LogP contribution in [0.1, 0.15) is 103 Å². The van der Waals surface area contributed by atoms with Gasteiger partial charge in [0.1, 0.15) is 0 Å². The molecule has 0 fully saturated rings. The molecule has 0 aliphatic rings. The van der Waals surface area contributed by atoms with Crippen molar-refractivity contribution in [3.05, 3.63) is 12.7 Å². The molecule has 0 aromatic carbocycles. The normalized spacial score (nSPS) is 12.0. The van der Waals surface area contributed by atoms with Crippen LogP contribution in [-0.2, 0) is 8.85 Å². The van der Waals surface area contributed by atoms with Crippen LogP contribution in [0, 0.1) is 0 Å². The molecule has 0 spiro atoms. The Morgan fingerprint density at radius 1 is 0.697 bits per heavy atom. The molecule has 0 saturated heterocycles. The van der Waals surface area contributed by atoms with Gasteiger partial charge in [-0.2, -0.15) is 0 Å². The minimum atomic E-state index is -1.52. The van der Waals surface area contributed by atoms with E-state index in [0.29, 0.717) is 6.61 Å². The Hall–Kier alpha value is -0.596. The van der Waals surface area contributed by atoms with Crippen molar-refractivity contribution in [3.63, 3.8) is 0 Å². The maximum atomic E-state index is 11.0. The zero-order chi connectivity index (χ0) is 24.8. The molecule has 6 heteroatoms. The molecule has 0 atom stereocenters. The molecule has 1 amide bonds. The quantitative estimate of drug-likeness (QED) is 0.0865.